The van der Waals surface area contributed by atoms with Gasteiger partial charge >= 0.3 is 6.18 Å². The normalized spacial score (nSPS) is 19.4. The molecule has 1 N–H and O–H groups in total. The Morgan fingerprint density at radius 1 is 1.36 bits per heavy atom. The van der Waals surface area contributed by atoms with Crippen molar-refractivity contribution in [3.63, 3.8) is 0 Å². The lowest BCUT2D eigenvalue weighted by Gasteiger charge is -2.28. The molecule has 0 spiro atoms. The molecule has 14 heavy (non-hydrogen) atoms. The van der Waals surface area contributed by atoms with E-state index in [-0.39, 0.29) is 6.04 Å². The van der Waals surface area contributed by atoms with Gasteiger partial charge in [-0.3, -0.25) is 0 Å². The molecule has 0 unspecified atom stereocenters. The highest BCUT2D eigenvalue weighted by Gasteiger charge is 2.29. The maximum absolute atomic E-state index is 11.8. The van der Waals surface area contributed by atoms with Gasteiger partial charge < -0.3 is 10.2 Å². The van der Waals surface area contributed by atoms with Crippen molar-refractivity contribution in [3.8, 4) is 6.19 Å². The maximum Gasteiger partial charge on any atom is 0.401 e. The molecule has 6 heteroatoms. The van der Waals surface area contributed by atoms with Crippen LogP contribution in [0.15, 0.2) is 0 Å². The predicted octanol–water partition coefficient (Wildman–Crippen LogP) is 1.08. The van der Waals surface area contributed by atoms with Crippen LogP contribution in [0.4, 0.5) is 13.2 Å². The van der Waals surface area contributed by atoms with Crippen molar-refractivity contribution < 1.29 is 13.2 Å². The molecule has 1 rings (SSSR count). The Balaban J connectivity index is 2.20. The first-order chi connectivity index (χ1) is 6.51. The van der Waals surface area contributed by atoms with Crippen molar-refractivity contribution >= 4 is 0 Å². The molecule has 0 aliphatic carbocycles. The van der Waals surface area contributed by atoms with Gasteiger partial charge in [0.2, 0.25) is 0 Å². The van der Waals surface area contributed by atoms with E-state index in [2.05, 4.69) is 5.32 Å². The molecule has 1 aliphatic heterocycles. The third kappa shape index (κ3) is 3.83. The molecule has 1 aliphatic rings. The second-order valence-electron chi connectivity index (χ2n) is 3.36. The minimum Gasteiger partial charge on any atom is -0.311 e. The van der Waals surface area contributed by atoms with E-state index in [9.17, 15) is 13.2 Å². The smallest absolute Gasteiger partial charge is 0.311 e. The molecule has 0 amide bonds. The van der Waals surface area contributed by atoms with Crippen LogP contribution in [0.3, 0.4) is 0 Å². The van der Waals surface area contributed by atoms with Crippen LogP contribution in [0.2, 0.25) is 0 Å². The fourth-order valence-electron chi connectivity index (χ4n) is 1.44. The third-order valence-electron chi connectivity index (χ3n) is 2.23. The molecule has 1 fully saturated rings. The molecule has 0 bridgehead atoms. The van der Waals surface area contributed by atoms with Crippen LogP contribution in [0.5, 0.6) is 0 Å². The number of nitriles is 1. The highest BCUT2D eigenvalue weighted by atomic mass is 19.4. The van der Waals surface area contributed by atoms with E-state index in [1.165, 1.54) is 0 Å². The van der Waals surface area contributed by atoms with Gasteiger partial charge in [0.05, 0.1) is 6.54 Å². The van der Waals surface area contributed by atoms with Gasteiger partial charge in [-0.25, -0.2) is 0 Å². The van der Waals surface area contributed by atoms with E-state index in [0.717, 1.165) is 0 Å². The molecule has 0 atom stereocenters. The zero-order valence-electron chi connectivity index (χ0n) is 7.64. The molecule has 0 saturated carbocycles. The largest absolute Gasteiger partial charge is 0.401 e. The summed E-state index contributed by atoms with van der Waals surface area (Å²) in [6.45, 7) is 0.155. The van der Waals surface area contributed by atoms with Crippen molar-refractivity contribution in [2.45, 2.75) is 25.1 Å². The van der Waals surface area contributed by atoms with Crippen LogP contribution in [-0.2, 0) is 0 Å². The average molecular weight is 207 g/mol. The molecule has 0 aromatic heterocycles. The molecule has 1 heterocycles. The van der Waals surface area contributed by atoms with Crippen molar-refractivity contribution in [3.05, 3.63) is 0 Å². The van der Waals surface area contributed by atoms with Crippen LogP contribution in [0, 0.1) is 11.5 Å². The average Bonchev–Trinajstić information content (AvgIpc) is 2.14. The quantitative estimate of drug-likeness (QED) is 0.689. The Bertz CT molecular complexity index is 213. The molecule has 1 saturated heterocycles. The van der Waals surface area contributed by atoms with Gasteiger partial charge in [0.1, 0.15) is 0 Å². The Kier molecular flexibility index (Phi) is 3.58. The highest BCUT2D eigenvalue weighted by molar-refractivity contribution is 4.83. The van der Waals surface area contributed by atoms with Gasteiger partial charge in [0.15, 0.2) is 6.19 Å². The van der Waals surface area contributed by atoms with Crippen molar-refractivity contribution in [2.24, 2.45) is 0 Å². The Morgan fingerprint density at radius 3 is 2.36 bits per heavy atom. The lowest BCUT2D eigenvalue weighted by atomic mass is 10.1. The summed E-state index contributed by atoms with van der Waals surface area (Å²) in [6, 6.07) is -0.110. The van der Waals surface area contributed by atoms with Crippen molar-refractivity contribution in [2.75, 3.05) is 19.6 Å². The van der Waals surface area contributed by atoms with Crippen molar-refractivity contribution in [1.29, 1.82) is 5.26 Å². The summed E-state index contributed by atoms with van der Waals surface area (Å²) >= 11 is 0. The Morgan fingerprint density at radius 2 is 1.93 bits per heavy atom. The number of nitrogens with one attached hydrogen (secondary N) is 1. The molecule has 80 valence electrons. The van der Waals surface area contributed by atoms with Gasteiger partial charge in [-0.1, -0.05) is 0 Å². The van der Waals surface area contributed by atoms with E-state index >= 15 is 0 Å². The van der Waals surface area contributed by atoms with Crippen molar-refractivity contribution in [1.82, 2.24) is 10.2 Å². The summed E-state index contributed by atoms with van der Waals surface area (Å²) in [5.74, 6) is 0. The minimum atomic E-state index is -4.15. The molecule has 3 nitrogen and oxygen atoms in total. The first-order valence-corrected chi connectivity index (χ1v) is 4.46. The predicted molar refractivity (Wildman–Crippen MR) is 44.3 cm³/mol. The fourth-order valence-corrected chi connectivity index (χ4v) is 1.44. The number of halogens is 3. The number of hydrogen-bond donors (Lipinski definition) is 1. The van der Waals surface area contributed by atoms with Crippen LogP contribution >= 0.6 is 0 Å². The molecule has 0 aromatic carbocycles. The van der Waals surface area contributed by atoms with Crippen LogP contribution in [0.1, 0.15) is 12.8 Å². The molecular formula is C8H12F3N3. The number of rotatable bonds is 2. The lowest BCUT2D eigenvalue weighted by molar-refractivity contribution is -0.126. The first-order valence-electron chi connectivity index (χ1n) is 4.46. The zero-order chi connectivity index (χ0) is 10.6. The third-order valence-corrected chi connectivity index (χ3v) is 2.23. The summed E-state index contributed by atoms with van der Waals surface area (Å²) in [6.07, 6.45) is -0.965. The van der Waals surface area contributed by atoms with Gasteiger partial charge in [-0.05, 0) is 12.8 Å². The highest BCUT2D eigenvalue weighted by Crippen LogP contribution is 2.15. The monoisotopic (exact) mass is 207 g/mol. The Labute approximate surface area is 80.5 Å². The standard InChI is InChI=1S/C8H12F3N3/c9-8(10,11)5-13-7-1-3-14(6-12)4-2-7/h7,13H,1-5H2. The number of alkyl halides is 3. The lowest BCUT2D eigenvalue weighted by Crippen LogP contribution is -2.43. The number of nitrogens with zero attached hydrogens (tertiary/aromatic N) is 2. The number of likely N-dealkylation sites (tertiary alicyclic amines) is 1. The van der Waals surface area contributed by atoms with E-state index in [4.69, 9.17) is 5.26 Å². The molecule has 0 radical (unpaired) electrons. The van der Waals surface area contributed by atoms with Crippen LogP contribution in [0.25, 0.3) is 0 Å². The fraction of sp³-hybridized carbons (Fsp3) is 0.875. The second-order valence-corrected chi connectivity index (χ2v) is 3.36. The summed E-state index contributed by atoms with van der Waals surface area (Å²) in [5, 5.41) is 11.0. The van der Waals surface area contributed by atoms with Gasteiger partial charge in [0.25, 0.3) is 0 Å². The van der Waals surface area contributed by atoms with E-state index < -0.39 is 12.7 Å². The van der Waals surface area contributed by atoms with Crippen LogP contribution < -0.4 is 5.32 Å². The number of hydrogen-bond acceptors (Lipinski definition) is 3. The summed E-state index contributed by atoms with van der Waals surface area (Å²) in [7, 11) is 0. The van der Waals surface area contributed by atoms with E-state index in [1.54, 1.807) is 4.90 Å². The molecular weight excluding hydrogens is 195 g/mol. The summed E-state index contributed by atoms with van der Waals surface area (Å²) in [4.78, 5) is 1.56. The van der Waals surface area contributed by atoms with Crippen LogP contribution in [-0.4, -0.2) is 36.8 Å². The van der Waals surface area contributed by atoms with E-state index in [0.29, 0.717) is 25.9 Å². The zero-order valence-corrected chi connectivity index (χ0v) is 7.64. The summed E-state index contributed by atoms with van der Waals surface area (Å²) in [5.41, 5.74) is 0. The minimum absolute atomic E-state index is 0.110. The molecule has 0 aromatic rings. The second kappa shape index (κ2) is 4.51. The maximum atomic E-state index is 11.8. The summed E-state index contributed by atoms with van der Waals surface area (Å²) < 4.78 is 35.5. The number of piperidine rings is 1. The SMILES string of the molecule is N#CN1CCC(NCC(F)(F)F)CC1. The van der Waals surface area contributed by atoms with Gasteiger partial charge in [-0.2, -0.15) is 18.4 Å². The topological polar surface area (TPSA) is 39.1 Å². The van der Waals surface area contributed by atoms with Gasteiger partial charge in [0, 0.05) is 19.1 Å². The van der Waals surface area contributed by atoms with E-state index in [1.807, 2.05) is 6.19 Å². The first kappa shape index (κ1) is 11.1. The van der Waals surface area contributed by atoms with Gasteiger partial charge in [-0.15, -0.1) is 0 Å². The Hall–Kier alpha value is -0.960.